The SMILES string of the molecule is CCCC(CN1CCC(C(C)(C)C)CC1)NCC. The normalized spacial score (nSPS) is 21.2. The van der Waals surface area contributed by atoms with Gasteiger partial charge in [-0.3, -0.25) is 0 Å². The second kappa shape index (κ2) is 7.49. The molecule has 2 heteroatoms. The lowest BCUT2D eigenvalue weighted by Crippen LogP contribution is -2.45. The first-order valence-electron chi connectivity index (χ1n) is 7.93. The summed E-state index contributed by atoms with van der Waals surface area (Å²) in [6.07, 6.45) is 5.37. The van der Waals surface area contributed by atoms with Crippen LogP contribution in [0.2, 0.25) is 0 Å². The fraction of sp³-hybridized carbons (Fsp3) is 1.00. The Balaban J connectivity index is 2.33. The Labute approximate surface area is 115 Å². The van der Waals surface area contributed by atoms with Crippen LogP contribution in [-0.4, -0.2) is 37.1 Å². The Bertz CT molecular complexity index is 206. The summed E-state index contributed by atoms with van der Waals surface area (Å²) >= 11 is 0. The molecule has 0 saturated carbocycles. The highest BCUT2D eigenvalue weighted by molar-refractivity contribution is 4.82. The van der Waals surface area contributed by atoms with Gasteiger partial charge in [-0.05, 0) is 50.2 Å². The van der Waals surface area contributed by atoms with Crippen LogP contribution in [0.1, 0.15) is 60.3 Å². The molecule has 1 saturated heterocycles. The molecule has 1 N–H and O–H groups in total. The molecule has 0 radical (unpaired) electrons. The zero-order valence-electron chi connectivity index (χ0n) is 13.3. The van der Waals surface area contributed by atoms with Gasteiger partial charge in [-0.15, -0.1) is 0 Å². The third-order valence-electron chi connectivity index (χ3n) is 4.42. The summed E-state index contributed by atoms with van der Waals surface area (Å²) in [6.45, 7) is 16.6. The number of likely N-dealkylation sites (tertiary alicyclic amines) is 1. The van der Waals surface area contributed by atoms with Crippen LogP contribution < -0.4 is 5.32 Å². The Hall–Kier alpha value is -0.0800. The van der Waals surface area contributed by atoms with Gasteiger partial charge in [-0.1, -0.05) is 41.0 Å². The van der Waals surface area contributed by atoms with Crippen LogP contribution in [0.25, 0.3) is 0 Å². The van der Waals surface area contributed by atoms with Crippen LogP contribution in [-0.2, 0) is 0 Å². The van der Waals surface area contributed by atoms with Crippen LogP contribution >= 0.6 is 0 Å². The minimum Gasteiger partial charge on any atom is -0.313 e. The van der Waals surface area contributed by atoms with E-state index in [0.29, 0.717) is 11.5 Å². The average molecular weight is 254 g/mol. The van der Waals surface area contributed by atoms with E-state index in [1.165, 1.54) is 45.3 Å². The number of likely N-dealkylation sites (N-methyl/N-ethyl adjacent to an activating group) is 1. The molecule has 0 aromatic carbocycles. The molecule has 1 aliphatic rings. The van der Waals surface area contributed by atoms with Crippen LogP contribution in [0.4, 0.5) is 0 Å². The van der Waals surface area contributed by atoms with Gasteiger partial charge >= 0.3 is 0 Å². The first kappa shape index (κ1) is 16.0. The Morgan fingerprint density at radius 3 is 2.22 bits per heavy atom. The highest BCUT2D eigenvalue weighted by Gasteiger charge is 2.29. The van der Waals surface area contributed by atoms with Crippen LogP contribution in [0.3, 0.4) is 0 Å². The summed E-state index contributed by atoms with van der Waals surface area (Å²) in [5.41, 5.74) is 0.497. The highest BCUT2D eigenvalue weighted by atomic mass is 15.2. The van der Waals surface area contributed by atoms with Gasteiger partial charge in [-0.25, -0.2) is 0 Å². The quantitative estimate of drug-likeness (QED) is 0.780. The monoisotopic (exact) mass is 254 g/mol. The minimum absolute atomic E-state index is 0.497. The van der Waals surface area contributed by atoms with Gasteiger partial charge in [0.25, 0.3) is 0 Å². The number of hydrogen-bond donors (Lipinski definition) is 1. The summed E-state index contributed by atoms with van der Waals surface area (Å²) in [6, 6.07) is 0.700. The van der Waals surface area contributed by atoms with E-state index in [1.54, 1.807) is 0 Å². The van der Waals surface area contributed by atoms with E-state index in [0.717, 1.165) is 12.5 Å². The van der Waals surface area contributed by atoms with Gasteiger partial charge in [0.15, 0.2) is 0 Å². The lowest BCUT2D eigenvalue weighted by atomic mass is 9.75. The third kappa shape index (κ3) is 5.27. The molecule has 0 bridgehead atoms. The molecule has 1 aliphatic heterocycles. The maximum absolute atomic E-state index is 3.63. The topological polar surface area (TPSA) is 15.3 Å². The summed E-state index contributed by atoms with van der Waals surface area (Å²) in [4.78, 5) is 2.67. The van der Waals surface area contributed by atoms with Gasteiger partial charge in [-0.2, -0.15) is 0 Å². The van der Waals surface area contributed by atoms with Crippen molar-refractivity contribution < 1.29 is 0 Å². The largest absolute Gasteiger partial charge is 0.313 e. The lowest BCUT2D eigenvalue weighted by Gasteiger charge is -2.40. The molecule has 0 aromatic rings. The van der Waals surface area contributed by atoms with E-state index >= 15 is 0 Å². The van der Waals surface area contributed by atoms with E-state index in [1.807, 2.05) is 0 Å². The smallest absolute Gasteiger partial charge is 0.0194 e. The fourth-order valence-electron chi connectivity index (χ4n) is 3.19. The number of rotatable bonds is 6. The van der Waals surface area contributed by atoms with E-state index in [-0.39, 0.29) is 0 Å². The number of nitrogens with zero attached hydrogens (tertiary/aromatic N) is 1. The standard InChI is InChI=1S/C16H34N2/c1-6-8-15(17-7-2)13-18-11-9-14(10-12-18)16(3,4)5/h14-15,17H,6-13H2,1-5H3. The van der Waals surface area contributed by atoms with Gasteiger partial charge in [0.05, 0.1) is 0 Å². The number of piperidine rings is 1. The first-order chi connectivity index (χ1) is 8.47. The van der Waals surface area contributed by atoms with E-state index < -0.39 is 0 Å². The second-order valence-corrected chi connectivity index (χ2v) is 6.98. The second-order valence-electron chi connectivity index (χ2n) is 6.98. The third-order valence-corrected chi connectivity index (χ3v) is 4.42. The molecular weight excluding hydrogens is 220 g/mol. The first-order valence-corrected chi connectivity index (χ1v) is 7.93. The molecule has 0 amide bonds. The van der Waals surface area contributed by atoms with Gasteiger partial charge in [0, 0.05) is 12.6 Å². The van der Waals surface area contributed by atoms with Gasteiger partial charge in [0.2, 0.25) is 0 Å². The zero-order chi connectivity index (χ0) is 13.6. The van der Waals surface area contributed by atoms with Crippen molar-refractivity contribution in [3.63, 3.8) is 0 Å². The van der Waals surface area contributed by atoms with Crippen molar-refractivity contribution in [1.82, 2.24) is 10.2 Å². The molecule has 1 unspecified atom stereocenters. The molecule has 1 heterocycles. The summed E-state index contributed by atoms with van der Waals surface area (Å²) in [7, 11) is 0. The minimum atomic E-state index is 0.497. The molecule has 1 atom stereocenters. The summed E-state index contributed by atoms with van der Waals surface area (Å²) in [5.74, 6) is 0.914. The number of hydrogen-bond acceptors (Lipinski definition) is 2. The molecule has 1 fully saturated rings. The molecule has 0 aromatic heterocycles. The van der Waals surface area contributed by atoms with Crippen LogP contribution in [0.5, 0.6) is 0 Å². The maximum atomic E-state index is 3.63. The van der Waals surface area contributed by atoms with Crippen molar-refractivity contribution in [2.75, 3.05) is 26.2 Å². The van der Waals surface area contributed by atoms with Crippen molar-refractivity contribution in [3.8, 4) is 0 Å². The number of nitrogens with one attached hydrogen (secondary N) is 1. The molecule has 1 rings (SSSR count). The zero-order valence-corrected chi connectivity index (χ0v) is 13.3. The maximum Gasteiger partial charge on any atom is 0.0194 e. The van der Waals surface area contributed by atoms with Crippen molar-refractivity contribution in [1.29, 1.82) is 0 Å². The predicted octanol–water partition coefficient (Wildman–Crippen LogP) is 3.52. The Kier molecular flexibility index (Phi) is 6.65. The van der Waals surface area contributed by atoms with Crippen molar-refractivity contribution >= 4 is 0 Å². The molecule has 0 aliphatic carbocycles. The summed E-state index contributed by atoms with van der Waals surface area (Å²) in [5, 5.41) is 3.63. The molecular formula is C16H34N2. The average Bonchev–Trinajstić information content (AvgIpc) is 2.29. The van der Waals surface area contributed by atoms with Crippen molar-refractivity contribution in [2.24, 2.45) is 11.3 Å². The molecule has 2 nitrogen and oxygen atoms in total. The Morgan fingerprint density at radius 2 is 1.78 bits per heavy atom. The highest BCUT2D eigenvalue weighted by Crippen LogP contribution is 2.34. The molecule has 18 heavy (non-hydrogen) atoms. The van der Waals surface area contributed by atoms with E-state index in [9.17, 15) is 0 Å². The van der Waals surface area contributed by atoms with Crippen molar-refractivity contribution in [2.45, 2.75) is 66.3 Å². The van der Waals surface area contributed by atoms with E-state index in [4.69, 9.17) is 0 Å². The fourth-order valence-corrected chi connectivity index (χ4v) is 3.19. The molecule has 0 spiro atoms. The molecule has 108 valence electrons. The van der Waals surface area contributed by atoms with E-state index in [2.05, 4.69) is 44.8 Å². The van der Waals surface area contributed by atoms with Gasteiger partial charge in [0.1, 0.15) is 0 Å². The summed E-state index contributed by atoms with van der Waals surface area (Å²) < 4.78 is 0. The lowest BCUT2D eigenvalue weighted by molar-refractivity contribution is 0.104. The van der Waals surface area contributed by atoms with Crippen LogP contribution in [0, 0.1) is 11.3 Å². The van der Waals surface area contributed by atoms with Crippen molar-refractivity contribution in [3.05, 3.63) is 0 Å². The van der Waals surface area contributed by atoms with Gasteiger partial charge < -0.3 is 10.2 Å². The predicted molar refractivity (Wildman–Crippen MR) is 81.0 cm³/mol. The van der Waals surface area contributed by atoms with Crippen LogP contribution in [0.15, 0.2) is 0 Å². The Morgan fingerprint density at radius 1 is 1.17 bits per heavy atom.